The lowest BCUT2D eigenvalue weighted by Gasteiger charge is -2.38. The summed E-state index contributed by atoms with van der Waals surface area (Å²) in [6, 6.07) is 0. The Kier molecular flexibility index (Phi) is 6.21. The molecule has 0 radical (unpaired) electrons. The molecule has 3 rings (SSSR count). The van der Waals surface area contributed by atoms with Gasteiger partial charge in [0.25, 0.3) is 0 Å². The van der Waals surface area contributed by atoms with E-state index in [0.29, 0.717) is 5.92 Å². The molecule has 0 spiro atoms. The number of rotatable bonds is 6. The number of morpholine rings is 1. The van der Waals surface area contributed by atoms with Gasteiger partial charge in [-0.1, -0.05) is 0 Å². The summed E-state index contributed by atoms with van der Waals surface area (Å²) in [4.78, 5) is 8.75. The van der Waals surface area contributed by atoms with Gasteiger partial charge in [-0.05, 0) is 39.2 Å². The van der Waals surface area contributed by atoms with Crippen LogP contribution in [0.1, 0.15) is 26.7 Å². The number of piperidine rings is 1. The first-order valence-corrected chi connectivity index (χ1v) is 9.19. The summed E-state index contributed by atoms with van der Waals surface area (Å²) >= 11 is 0. The molecule has 7 nitrogen and oxygen atoms in total. The van der Waals surface area contributed by atoms with E-state index in [-0.39, 0.29) is 18.3 Å². The van der Waals surface area contributed by atoms with Crippen LogP contribution in [-0.4, -0.2) is 87.3 Å². The summed E-state index contributed by atoms with van der Waals surface area (Å²) < 4.78 is 7.68. The van der Waals surface area contributed by atoms with Crippen molar-refractivity contribution in [3.8, 4) is 0 Å². The molecule has 0 aromatic carbocycles. The van der Waals surface area contributed by atoms with Gasteiger partial charge in [0.05, 0.1) is 18.3 Å². The van der Waals surface area contributed by atoms with E-state index >= 15 is 0 Å². The predicted molar refractivity (Wildman–Crippen MR) is 91.6 cm³/mol. The Balaban J connectivity index is 1.42. The number of hydrogen-bond donors (Lipinski definition) is 1. The van der Waals surface area contributed by atoms with Gasteiger partial charge in [-0.15, -0.1) is 0 Å². The normalized spacial score (nSPS) is 31.2. The first kappa shape index (κ1) is 17.8. The highest BCUT2D eigenvalue weighted by molar-refractivity contribution is 4.79. The van der Waals surface area contributed by atoms with E-state index in [4.69, 9.17) is 4.74 Å². The fraction of sp³-hybridized carbons (Fsp3) is 0.882. The van der Waals surface area contributed by atoms with Crippen LogP contribution >= 0.6 is 0 Å². The molecule has 136 valence electrons. The van der Waals surface area contributed by atoms with Gasteiger partial charge in [0.1, 0.15) is 12.7 Å². The van der Waals surface area contributed by atoms with E-state index in [0.717, 1.165) is 45.8 Å². The van der Waals surface area contributed by atoms with E-state index in [9.17, 15) is 5.11 Å². The second kappa shape index (κ2) is 8.38. The van der Waals surface area contributed by atoms with Gasteiger partial charge in [0.2, 0.25) is 0 Å². The van der Waals surface area contributed by atoms with Crippen LogP contribution in [-0.2, 0) is 11.3 Å². The minimum absolute atomic E-state index is 0.253. The summed E-state index contributed by atoms with van der Waals surface area (Å²) in [5.74, 6) is 0.594. The third-order valence-electron chi connectivity index (χ3n) is 4.95. The SMILES string of the molecule is CC1CN(CC(O)CN2CCCC(Cn3cncn3)C2)CC(C)O1. The van der Waals surface area contributed by atoms with Crippen LogP contribution in [0.15, 0.2) is 12.7 Å². The van der Waals surface area contributed by atoms with Crippen molar-refractivity contribution in [1.29, 1.82) is 0 Å². The molecule has 2 fully saturated rings. The number of aliphatic hydroxyl groups is 1. The first-order chi connectivity index (χ1) is 11.6. The number of nitrogens with zero attached hydrogens (tertiary/aromatic N) is 5. The largest absolute Gasteiger partial charge is 0.390 e. The molecule has 1 N–H and O–H groups in total. The molecule has 24 heavy (non-hydrogen) atoms. The van der Waals surface area contributed by atoms with Crippen molar-refractivity contribution in [2.24, 2.45) is 5.92 Å². The molecule has 3 heterocycles. The zero-order chi connectivity index (χ0) is 16.9. The smallest absolute Gasteiger partial charge is 0.137 e. The summed E-state index contributed by atoms with van der Waals surface area (Å²) in [6.45, 7) is 10.6. The highest BCUT2D eigenvalue weighted by Gasteiger charge is 2.26. The highest BCUT2D eigenvalue weighted by atomic mass is 16.5. The summed E-state index contributed by atoms with van der Waals surface area (Å²) in [5.41, 5.74) is 0. The molecule has 1 aromatic rings. The average molecular weight is 337 g/mol. The number of hydrogen-bond acceptors (Lipinski definition) is 6. The van der Waals surface area contributed by atoms with E-state index in [1.807, 2.05) is 4.68 Å². The summed E-state index contributed by atoms with van der Waals surface area (Å²) in [6.07, 6.45) is 6.00. The summed E-state index contributed by atoms with van der Waals surface area (Å²) in [5, 5.41) is 14.7. The molecule has 0 amide bonds. The van der Waals surface area contributed by atoms with E-state index in [2.05, 4.69) is 33.7 Å². The Bertz CT molecular complexity index is 473. The topological polar surface area (TPSA) is 66.7 Å². The molecular formula is C17H31N5O2. The molecule has 0 bridgehead atoms. The molecule has 4 atom stereocenters. The molecule has 4 unspecified atom stereocenters. The molecule has 0 aliphatic carbocycles. The first-order valence-electron chi connectivity index (χ1n) is 9.19. The maximum Gasteiger partial charge on any atom is 0.137 e. The maximum atomic E-state index is 10.5. The van der Waals surface area contributed by atoms with Gasteiger partial charge in [0, 0.05) is 39.3 Å². The van der Waals surface area contributed by atoms with Crippen LogP contribution in [0.5, 0.6) is 0 Å². The quantitative estimate of drug-likeness (QED) is 0.813. The molecule has 1 aromatic heterocycles. The average Bonchev–Trinajstić information content (AvgIpc) is 2.99. The van der Waals surface area contributed by atoms with Gasteiger partial charge in [-0.2, -0.15) is 5.10 Å². The number of aliphatic hydroxyl groups excluding tert-OH is 1. The zero-order valence-corrected chi connectivity index (χ0v) is 14.9. The third-order valence-corrected chi connectivity index (χ3v) is 4.95. The predicted octanol–water partition coefficient (Wildman–Crippen LogP) is 0.460. The monoisotopic (exact) mass is 337 g/mol. The number of β-amino-alcohol motifs (C(OH)–C–C–N with tert-alkyl or cyclic N) is 1. The minimum Gasteiger partial charge on any atom is -0.390 e. The minimum atomic E-state index is -0.298. The number of ether oxygens (including phenoxy) is 1. The molecule has 2 saturated heterocycles. The summed E-state index contributed by atoms with van der Waals surface area (Å²) in [7, 11) is 0. The molecule has 2 aliphatic heterocycles. The standard InChI is InChI=1S/C17H31N5O2/c1-14-6-21(7-15(2)24-14)11-17(23)10-20-5-3-4-16(8-20)9-22-13-18-12-19-22/h12-17,23H,3-11H2,1-2H3. The highest BCUT2D eigenvalue weighted by Crippen LogP contribution is 2.18. The van der Waals surface area contributed by atoms with Crippen molar-refractivity contribution in [3.05, 3.63) is 12.7 Å². The lowest BCUT2D eigenvalue weighted by molar-refractivity contribution is -0.0785. The van der Waals surface area contributed by atoms with E-state index in [1.165, 1.54) is 12.8 Å². The van der Waals surface area contributed by atoms with Crippen molar-refractivity contribution in [3.63, 3.8) is 0 Å². The van der Waals surface area contributed by atoms with Crippen LogP contribution in [0.3, 0.4) is 0 Å². The Morgan fingerprint density at radius 3 is 2.62 bits per heavy atom. The molecular weight excluding hydrogens is 306 g/mol. The van der Waals surface area contributed by atoms with Crippen LogP contribution in [0.25, 0.3) is 0 Å². The van der Waals surface area contributed by atoms with Crippen molar-refractivity contribution in [2.75, 3.05) is 39.3 Å². The maximum absolute atomic E-state index is 10.5. The lowest BCUT2D eigenvalue weighted by Crippen LogP contribution is -2.50. The third kappa shape index (κ3) is 5.24. The zero-order valence-electron chi connectivity index (χ0n) is 14.9. The molecule has 2 aliphatic rings. The lowest BCUT2D eigenvalue weighted by atomic mass is 9.98. The Morgan fingerprint density at radius 1 is 1.17 bits per heavy atom. The van der Waals surface area contributed by atoms with Gasteiger partial charge in [-0.3, -0.25) is 9.58 Å². The number of likely N-dealkylation sites (tertiary alicyclic amines) is 1. The molecule has 7 heteroatoms. The Hall–Kier alpha value is -1.02. The second-order valence-corrected chi connectivity index (χ2v) is 7.52. The van der Waals surface area contributed by atoms with Crippen molar-refractivity contribution in [2.45, 2.75) is 51.5 Å². The Morgan fingerprint density at radius 2 is 1.92 bits per heavy atom. The van der Waals surface area contributed by atoms with Gasteiger partial charge in [-0.25, -0.2) is 4.98 Å². The fourth-order valence-corrected chi connectivity index (χ4v) is 4.14. The van der Waals surface area contributed by atoms with Crippen LogP contribution in [0, 0.1) is 5.92 Å². The second-order valence-electron chi connectivity index (χ2n) is 7.52. The molecule has 0 saturated carbocycles. The van der Waals surface area contributed by atoms with Crippen LogP contribution in [0.4, 0.5) is 0 Å². The fourth-order valence-electron chi connectivity index (χ4n) is 4.14. The van der Waals surface area contributed by atoms with Gasteiger partial charge >= 0.3 is 0 Å². The van der Waals surface area contributed by atoms with Crippen molar-refractivity contribution in [1.82, 2.24) is 24.6 Å². The van der Waals surface area contributed by atoms with E-state index in [1.54, 1.807) is 12.7 Å². The van der Waals surface area contributed by atoms with Crippen LogP contribution < -0.4 is 0 Å². The Labute approximate surface area is 144 Å². The van der Waals surface area contributed by atoms with Gasteiger partial charge < -0.3 is 14.7 Å². The van der Waals surface area contributed by atoms with Crippen molar-refractivity contribution < 1.29 is 9.84 Å². The van der Waals surface area contributed by atoms with E-state index < -0.39 is 0 Å². The number of aromatic nitrogens is 3. The van der Waals surface area contributed by atoms with Gasteiger partial charge in [0.15, 0.2) is 0 Å². The van der Waals surface area contributed by atoms with Crippen molar-refractivity contribution >= 4 is 0 Å². The van der Waals surface area contributed by atoms with Crippen LogP contribution in [0.2, 0.25) is 0 Å².